The standard InChI is InChI=1S/C23H29NO5/c1-4-27-21(23(26)29-6-3)19(17-13-9-7-10-14-17)24-20(22(25)28-5-2)18-15-11-8-12-16-18/h7-16,19-21,24H,4-6H2,1-3H3/t19-,20-,21+/m1/s1. The van der Waals surface area contributed by atoms with Gasteiger partial charge in [0.05, 0.1) is 19.3 Å². The fourth-order valence-electron chi connectivity index (χ4n) is 3.07. The molecule has 0 saturated heterocycles. The van der Waals surface area contributed by atoms with Crippen LogP contribution in [0.2, 0.25) is 0 Å². The van der Waals surface area contributed by atoms with Crippen LogP contribution in [0.5, 0.6) is 0 Å². The fourth-order valence-corrected chi connectivity index (χ4v) is 3.07. The Morgan fingerprint density at radius 3 is 1.79 bits per heavy atom. The van der Waals surface area contributed by atoms with Crippen molar-refractivity contribution >= 4 is 11.9 Å². The molecule has 0 saturated carbocycles. The van der Waals surface area contributed by atoms with E-state index < -0.39 is 30.1 Å². The predicted octanol–water partition coefficient (Wildman–Crippen LogP) is 3.59. The highest BCUT2D eigenvalue weighted by Gasteiger charge is 2.35. The van der Waals surface area contributed by atoms with Gasteiger partial charge in [-0.1, -0.05) is 60.7 Å². The smallest absolute Gasteiger partial charge is 0.337 e. The minimum absolute atomic E-state index is 0.240. The van der Waals surface area contributed by atoms with Crippen LogP contribution in [0, 0.1) is 0 Å². The van der Waals surface area contributed by atoms with E-state index >= 15 is 0 Å². The average molecular weight is 399 g/mol. The van der Waals surface area contributed by atoms with E-state index in [4.69, 9.17) is 14.2 Å². The fraction of sp³-hybridized carbons (Fsp3) is 0.391. The first-order chi connectivity index (χ1) is 14.1. The lowest BCUT2D eigenvalue weighted by atomic mass is 9.98. The van der Waals surface area contributed by atoms with Crippen LogP contribution in [0.1, 0.15) is 44.0 Å². The Balaban J connectivity index is 2.45. The molecule has 156 valence electrons. The van der Waals surface area contributed by atoms with Crippen molar-refractivity contribution < 1.29 is 23.8 Å². The molecule has 6 heteroatoms. The maximum Gasteiger partial charge on any atom is 0.337 e. The Hall–Kier alpha value is -2.70. The van der Waals surface area contributed by atoms with E-state index in [1.807, 2.05) is 67.6 Å². The Kier molecular flexibility index (Phi) is 9.34. The van der Waals surface area contributed by atoms with Crippen molar-refractivity contribution in [2.45, 2.75) is 39.0 Å². The minimum atomic E-state index is -0.914. The lowest BCUT2D eigenvalue weighted by molar-refractivity contribution is -0.160. The number of hydrogen-bond donors (Lipinski definition) is 1. The Morgan fingerprint density at radius 1 is 0.759 bits per heavy atom. The molecule has 0 aromatic heterocycles. The molecule has 0 heterocycles. The van der Waals surface area contributed by atoms with Crippen molar-refractivity contribution in [3.05, 3.63) is 71.8 Å². The Bertz CT molecular complexity index is 750. The van der Waals surface area contributed by atoms with Gasteiger partial charge in [0.15, 0.2) is 6.10 Å². The molecule has 1 N–H and O–H groups in total. The highest BCUT2D eigenvalue weighted by molar-refractivity contribution is 5.79. The van der Waals surface area contributed by atoms with E-state index in [1.54, 1.807) is 13.8 Å². The van der Waals surface area contributed by atoms with Crippen LogP contribution < -0.4 is 5.32 Å². The van der Waals surface area contributed by atoms with Gasteiger partial charge in [-0.05, 0) is 31.9 Å². The number of rotatable bonds is 11. The van der Waals surface area contributed by atoms with E-state index in [9.17, 15) is 9.59 Å². The zero-order chi connectivity index (χ0) is 21.1. The van der Waals surface area contributed by atoms with Gasteiger partial charge in [0.2, 0.25) is 0 Å². The van der Waals surface area contributed by atoms with E-state index in [2.05, 4.69) is 5.32 Å². The molecule has 0 unspecified atom stereocenters. The zero-order valence-electron chi connectivity index (χ0n) is 17.2. The third-order valence-corrected chi connectivity index (χ3v) is 4.33. The number of hydrogen-bond acceptors (Lipinski definition) is 6. The predicted molar refractivity (Wildman–Crippen MR) is 110 cm³/mol. The topological polar surface area (TPSA) is 73.9 Å². The summed E-state index contributed by atoms with van der Waals surface area (Å²) in [5.41, 5.74) is 1.55. The third-order valence-electron chi connectivity index (χ3n) is 4.33. The summed E-state index contributed by atoms with van der Waals surface area (Å²) in [5, 5.41) is 3.30. The molecule has 0 aliphatic carbocycles. The van der Waals surface area contributed by atoms with E-state index in [1.165, 1.54) is 0 Å². The second kappa shape index (κ2) is 12.0. The van der Waals surface area contributed by atoms with E-state index in [-0.39, 0.29) is 13.2 Å². The number of nitrogens with one attached hydrogen (secondary N) is 1. The first-order valence-electron chi connectivity index (χ1n) is 9.93. The molecule has 0 spiro atoms. The Labute approximate surface area is 172 Å². The zero-order valence-corrected chi connectivity index (χ0v) is 17.2. The summed E-state index contributed by atoms with van der Waals surface area (Å²) in [7, 11) is 0. The third kappa shape index (κ3) is 6.41. The molecule has 2 aromatic rings. The summed E-state index contributed by atoms with van der Waals surface area (Å²) < 4.78 is 16.3. The molecule has 0 radical (unpaired) electrons. The number of ether oxygens (including phenoxy) is 3. The van der Waals surface area contributed by atoms with Crippen LogP contribution in [0.25, 0.3) is 0 Å². The van der Waals surface area contributed by atoms with Crippen molar-refractivity contribution in [3.8, 4) is 0 Å². The van der Waals surface area contributed by atoms with Crippen LogP contribution in [-0.4, -0.2) is 37.9 Å². The first-order valence-corrected chi connectivity index (χ1v) is 9.93. The molecule has 3 atom stereocenters. The SMILES string of the molecule is CCOC(=O)[C@@H](OCC)[C@H](N[C@@H](C(=O)OCC)c1ccccc1)c1ccccc1. The average Bonchev–Trinajstić information content (AvgIpc) is 2.75. The van der Waals surface area contributed by atoms with Gasteiger partial charge in [-0.2, -0.15) is 0 Å². The second-order valence-electron chi connectivity index (χ2n) is 6.28. The molecule has 29 heavy (non-hydrogen) atoms. The summed E-state index contributed by atoms with van der Waals surface area (Å²) in [5.74, 6) is -0.898. The van der Waals surface area contributed by atoms with Gasteiger partial charge in [-0.15, -0.1) is 0 Å². The molecular formula is C23H29NO5. The maximum absolute atomic E-state index is 12.7. The molecule has 2 aromatic carbocycles. The van der Waals surface area contributed by atoms with Gasteiger partial charge in [0.25, 0.3) is 0 Å². The summed E-state index contributed by atoms with van der Waals surface area (Å²) in [6, 6.07) is 17.3. The van der Waals surface area contributed by atoms with Gasteiger partial charge >= 0.3 is 11.9 Å². The maximum atomic E-state index is 12.7. The monoisotopic (exact) mass is 399 g/mol. The van der Waals surface area contributed by atoms with Crippen LogP contribution in [-0.2, 0) is 23.8 Å². The first kappa shape index (κ1) is 22.6. The van der Waals surface area contributed by atoms with Crippen LogP contribution in [0.4, 0.5) is 0 Å². The normalized spacial score (nSPS) is 13.9. The molecular weight excluding hydrogens is 370 g/mol. The van der Waals surface area contributed by atoms with Crippen LogP contribution in [0.3, 0.4) is 0 Å². The summed E-state index contributed by atoms with van der Waals surface area (Å²) in [6.07, 6.45) is -0.914. The summed E-state index contributed by atoms with van der Waals surface area (Å²) in [4.78, 5) is 25.4. The van der Waals surface area contributed by atoms with Crippen molar-refractivity contribution in [1.82, 2.24) is 5.32 Å². The summed E-state index contributed by atoms with van der Waals surface area (Å²) in [6.45, 7) is 6.14. The molecule has 0 aliphatic heterocycles. The number of carbonyl (C=O) groups excluding carboxylic acids is 2. The van der Waals surface area contributed by atoms with Gasteiger partial charge in [0, 0.05) is 6.61 Å². The van der Waals surface area contributed by atoms with Crippen molar-refractivity contribution in [2.24, 2.45) is 0 Å². The number of benzene rings is 2. The quantitative estimate of drug-likeness (QED) is 0.582. The summed E-state index contributed by atoms with van der Waals surface area (Å²) >= 11 is 0. The number of esters is 2. The molecule has 0 fully saturated rings. The van der Waals surface area contributed by atoms with Gasteiger partial charge in [0.1, 0.15) is 6.04 Å². The molecule has 0 aliphatic rings. The molecule has 0 bridgehead atoms. The lowest BCUT2D eigenvalue weighted by Gasteiger charge is -2.30. The van der Waals surface area contributed by atoms with Crippen LogP contribution >= 0.6 is 0 Å². The van der Waals surface area contributed by atoms with E-state index in [0.29, 0.717) is 6.61 Å². The van der Waals surface area contributed by atoms with Crippen molar-refractivity contribution in [3.63, 3.8) is 0 Å². The van der Waals surface area contributed by atoms with Gasteiger partial charge in [-0.3, -0.25) is 5.32 Å². The largest absolute Gasteiger partial charge is 0.465 e. The second-order valence-corrected chi connectivity index (χ2v) is 6.28. The van der Waals surface area contributed by atoms with Gasteiger partial charge in [-0.25, -0.2) is 9.59 Å². The lowest BCUT2D eigenvalue weighted by Crippen LogP contribution is -2.44. The Morgan fingerprint density at radius 2 is 1.28 bits per heavy atom. The molecule has 2 rings (SSSR count). The minimum Gasteiger partial charge on any atom is -0.465 e. The van der Waals surface area contributed by atoms with Crippen molar-refractivity contribution in [1.29, 1.82) is 0 Å². The van der Waals surface area contributed by atoms with Crippen molar-refractivity contribution in [2.75, 3.05) is 19.8 Å². The van der Waals surface area contributed by atoms with Gasteiger partial charge < -0.3 is 14.2 Å². The molecule has 6 nitrogen and oxygen atoms in total. The van der Waals surface area contributed by atoms with E-state index in [0.717, 1.165) is 11.1 Å². The number of carbonyl (C=O) groups is 2. The molecule has 0 amide bonds. The van der Waals surface area contributed by atoms with Crippen LogP contribution in [0.15, 0.2) is 60.7 Å². The highest BCUT2D eigenvalue weighted by atomic mass is 16.6. The highest BCUT2D eigenvalue weighted by Crippen LogP contribution is 2.26.